The van der Waals surface area contributed by atoms with Gasteiger partial charge in [-0.15, -0.1) is 0 Å². The molecule has 1 amide bonds. The summed E-state index contributed by atoms with van der Waals surface area (Å²) in [5.74, 6) is -2.93. The Morgan fingerprint density at radius 3 is 2.29 bits per heavy atom. The van der Waals surface area contributed by atoms with E-state index < -0.39 is 38.1 Å². The first kappa shape index (κ1) is 15.8. The summed E-state index contributed by atoms with van der Waals surface area (Å²) >= 11 is 0. The number of rotatable bonds is 3. The van der Waals surface area contributed by atoms with Gasteiger partial charge in [-0.2, -0.15) is 0 Å². The van der Waals surface area contributed by atoms with Crippen LogP contribution in [0.25, 0.3) is 0 Å². The van der Waals surface area contributed by atoms with Crippen LogP contribution < -0.4 is 10.5 Å². The third kappa shape index (κ3) is 3.38. The fraction of sp³-hybridized carbons (Fsp3) is 0.462. The summed E-state index contributed by atoms with van der Waals surface area (Å²) in [6, 6.07) is 1.18. The van der Waals surface area contributed by atoms with Gasteiger partial charge in [-0.05, 0) is 30.9 Å². The molecular weight excluding hydrogens is 302 g/mol. The van der Waals surface area contributed by atoms with Gasteiger partial charge < -0.3 is 5.32 Å². The molecule has 2 unspecified atom stereocenters. The van der Waals surface area contributed by atoms with E-state index in [0.717, 1.165) is 12.8 Å². The van der Waals surface area contributed by atoms with Crippen molar-refractivity contribution >= 4 is 21.6 Å². The van der Waals surface area contributed by atoms with Gasteiger partial charge in [0.05, 0.1) is 4.90 Å². The lowest BCUT2D eigenvalue weighted by Gasteiger charge is -2.16. The highest BCUT2D eigenvalue weighted by molar-refractivity contribution is 7.89. The van der Waals surface area contributed by atoms with Crippen molar-refractivity contribution in [1.82, 2.24) is 0 Å². The smallest absolute Gasteiger partial charge is 0.238 e. The summed E-state index contributed by atoms with van der Waals surface area (Å²) in [5.41, 5.74) is -0.647. The fourth-order valence-corrected chi connectivity index (χ4v) is 3.12. The van der Waals surface area contributed by atoms with Gasteiger partial charge in [-0.1, -0.05) is 13.3 Å². The maximum absolute atomic E-state index is 13.8. The minimum atomic E-state index is -4.21. The molecule has 0 bridgehead atoms. The number of benzene rings is 1. The minimum absolute atomic E-state index is 0.153. The molecule has 0 saturated heterocycles. The lowest BCUT2D eigenvalue weighted by Crippen LogP contribution is -2.25. The van der Waals surface area contributed by atoms with Crippen molar-refractivity contribution in [3.63, 3.8) is 0 Å². The van der Waals surface area contributed by atoms with Gasteiger partial charge in [-0.3, -0.25) is 4.79 Å². The van der Waals surface area contributed by atoms with E-state index in [4.69, 9.17) is 5.14 Å². The predicted molar refractivity (Wildman–Crippen MR) is 72.9 cm³/mol. The number of anilines is 1. The van der Waals surface area contributed by atoms with Crippen LogP contribution in [0.15, 0.2) is 17.0 Å². The molecule has 0 aliphatic heterocycles. The number of nitrogens with two attached hydrogens (primary N) is 1. The number of halogens is 2. The zero-order valence-corrected chi connectivity index (χ0v) is 12.2. The highest BCUT2D eigenvalue weighted by Gasteiger charge is 2.30. The van der Waals surface area contributed by atoms with E-state index in [1.165, 1.54) is 0 Å². The van der Waals surface area contributed by atoms with Crippen LogP contribution in [-0.2, 0) is 14.8 Å². The van der Waals surface area contributed by atoms with Crippen molar-refractivity contribution in [2.24, 2.45) is 17.0 Å². The Bertz CT molecular complexity index is 653. The molecule has 1 saturated carbocycles. The third-order valence-electron chi connectivity index (χ3n) is 3.79. The Morgan fingerprint density at radius 1 is 1.29 bits per heavy atom. The molecule has 1 fully saturated rings. The average molecular weight is 318 g/mol. The van der Waals surface area contributed by atoms with Crippen molar-refractivity contribution in [3.05, 3.63) is 23.8 Å². The topological polar surface area (TPSA) is 89.3 Å². The van der Waals surface area contributed by atoms with Crippen LogP contribution >= 0.6 is 0 Å². The zero-order valence-electron chi connectivity index (χ0n) is 11.4. The van der Waals surface area contributed by atoms with Gasteiger partial charge in [0.2, 0.25) is 15.9 Å². The van der Waals surface area contributed by atoms with Gasteiger partial charge in [-0.25, -0.2) is 22.3 Å². The summed E-state index contributed by atoms with van der Waals surface area (Å²) in [7, 11) is -4.21. The maximum Gasteiger partial charge on any atom is 0.238 e. The van der Waals surface area contributed by atoms with Crippen LogP contribution in [-0.4, -0.2) is 14.3 Å². The summed E-state index contributed by atoms with van der Waals surface area (Å²) in [6.07, 6.45) is 2.47. The molecule has 0 heterocycles. The summed E-state index contributed by atoms with van der Waals surface area (Å²) in [4.78, 5) is 11.3. The van der Waals surface area contributed by atoms with Crippen molar-refractivity contribution in [2.75, 3.05) is 5.32 Å². The van der Waals surface area contributed by atoms with Gasteiger partial charge in [0, 0.05) is 5.92 Å². The third-order valence-corrected chi connectivity index (χ3v) is 4.68. The summed E-state index contributed by atoms with van der Waals surface area (Å²) in [6.45, 7) is 1.91. The summed E-state index contributed by atoms with van der Waals surface area (Å²) < 4.78 is 49.8. The van der Waals surface area contributed by atoms with Crippen LogP contribution in [0.4, 0.5) is 14.5 Å². The molecular formula is C13H16F2N2O3S. The molecule has 1 aromatic carbocycles. The molecule has 8 heteroatoms. The fourth-order valence-electron chi connectivity index (χ4n) is 2.58. The SMILES string of the molecule is CC1CCCC1C(=O)Nc1c(F)cc(S(N)(=O)=O)cc1F. The molecule has 0 spiro atoms. The first-order chi connectivity index (χ1) is 9.70. The molecule has 116 valence electrons. The van der Waals surface area contributed by atoms with Gasteiger partial charge in [0.25, 0.3) is 0 Å². The van der Waals surface area contributed by atoms with Gasteiger partial charge in [0.1, 0.15) is 5.69 Å². The average Bonchev–Trinajstić information content (AvgIpc) is 2.78. The molecule has 0 aromatic heterocycles. The molecule has 3 N–H and O–H groups in total. The first-order valence-corrected chi connectivity index (χ1v) is 8.07. The normalized spacial score (nSPS) is 22.3. The largest absolute Gasteiger partial charge is 0.321 e. The first-order valence-electron chi connectivity index (χ1n) is 6.53. The zero-order chi connectivity index (χ0) is 15.8. The monoisotopic (exact) mass is 318 g/mol. The van der Waals surface area contributed by atoms with E-state index in [9.17, 15) is 22.0 Å². The van der Waals surface area contributed by atoms with Crippen LogP contribution in [0.1, 0.15) is 26.2 Å². The number of nitrogens with one attached hydrogen (secondary N) is 1. The number of sulfonamides is 1. The molecule has 1 aliphatic rings. The molecule has 2 rings (SSSR count). The van der Waals surface area contributed by atoms with E-state index in [0.29, 0.717) is 18.6 Å². The number of primary sulfonamides is 1. The number of hydrogen-bond acceptors (Lipinski definition) is 3. The van der Waals surface area contributed by atoms with Gasteiger partial charge >= 0.3 is 0 Å². The summed E-state index contributed by atoms with van der Waals surface area (Å²) in [5, 5.41) is 7.02. The molecule has 1 aromatic rings. The Kier molecular flexibility index (Phi) is 4.29. The second kappa shape index (κ2) is 5.69. The highest BCUT2D eigenvalue weighted by Crippen LogP contribution is 2.33. The number of carbonyl (C=O) groups is 1. The Hall–Kier alpha value is -1.54. The van der Waals surface area contributed by atoms with Crippen molar-refractivity contribution in [1.29, 1.82) is 0 Å². The molecule has 1 aliphatic carbocycles. The second-order valence-electron chi connectivity index (χ2n) is 5.31. The van der Waals surface area contributed by atoms with E-state index in [1.807, 2.05) is 6.92 Å². The molecule has 2 atom stereocenters. The Labute approximate surface area is 121 Å². The van der Waals surface area contributed by atoms with Crippen LogP contribution in [0, 0.1) is 23.5 Å². The molecule has 0 radical (unpaired) electrons. The maximum atomic E-state index is 13.8. The minimum Gasteiger partial charge on any atom is -0.321 e. The Morgan fingerprint density at radius 2 is 1.86 bits per heavy atom. The van der Waals surface area contributed by atoms with Gasteiger partial charge in [0.15, 0.2) is 11.6 Å². The van der Waals surface area contributed by atoms with E-state index in [2.05, 4.69) is 5.32 Å². The Balaban J connectivity index is 2.27. The quantitative estimate of drug-likeness (QED) is 0.893. The van der Waals surface area contributed by atoms with E-state index in [1.54, 1.807) is 0 Å². The van der Waals surface area contributed by atoms with Crippen LogP contribution in [0.2, 0.25) is 0 Å². The molecule has 21 heavy (non-hydrogen) atoms. The van der Waals surface area contributed by atoms with Crippen molar-refractivity contribution < 1.29 is 22.0 Å². The number of hydrogen-bond donors (Lipinski definition) is 2. The predicted octanol–water partition coefficient (Wildman–Crippen LogP) is 1.99. The van der Waals surface area contributed by atoms with E-state index >= 15 is 0 Å². The van der Waals surface area contributed by atoms with E-state index in [-0.39, 0.29) is 11.8 Å². The second-order valence-corrected chi connectivity index (χ2v) is 6.87. The number of carbonyl (C=O) groups excluding carboxylic acids is 1. The number of amides is 1. The van der Waals surface area contributed by atoms with Crippen LogP contribution in [0.5, 0.6) is 0 Å². The van der Waals surface area contributed by atoms with Crippen LogP contribution in [0.3, 0.4) is 0 Å². The van der Waals surface area contributed by atoms with Crippen molar-refractivity contribution in [2.45, 2.75) is 31.1 Å². The van der Waals surface area contributed by atoms with Crippen molar-refractivity contribution in [3.8, 4) is 0 Å². The standard InChI is InChI=1S/C13H16F2N2O3S/c1-7-3-2-4-9(7)13(18)17-12-10(14)5-8(6-11(12)15)21(16,19)20/h5-7,9H,2-4H2,1H3,(H,17,18)(H2,16,19,20). The molecule has 5 nitrogen and oxygen atoms in total. The lowest BCUT2D eigenvalue weighted by molar-refractivity contribution is -0.120. The lowest BCUT2D eigenvalue weighted by atomic mass is 9.97. The highest BCUT2D eigenvalue weighted by atomic mass is 32.2.